The molecule has 0 saturated carbocycles. The zero-order chi connectivity index (χ0) is 18.7. The normalized spacial score (nSPS) is 12.0. The molecule has 0 spiro atoms. The highest BCUT2D eigenvalue weighted by atomic mass is 32.2. The lowest BCUT2D eigenvalue weighted by Gasteiger charge is -2.12. The van der Waals surface area contributed by atoms with E-state index in [2.05, 4.69) is 4.72 Å². The van der Waals surface area contributed by atoms with Crippen LogP contribution in [0.3, 0.4) is 0 Å². The van der Waals surface area contributed by atoms with Gasteiger partial charge < -0.3 is 18.6 Å². The molecule has 3 aromatic rings. The number of hydrogen-bond donors (Lipinski definition) is 1. The molecule has 1 amide bonds. The van der Waals surface area contributed by atoms with Crippen LogP contribution in [0.25, 0.3) is 11.0 Å². The molecule has 0 aliphatic heterocycles. The van der Waals surface area contributed by atoms with Gasteiger partial charge in [0, 0.05) is 31.2 Å². The van der Waals surface area contributed by atoms with E-state index in [1.165, 1.54) is 0 Å². The zero-order valence-corrected chi connectivity index (χ0v) is 15.6. The van der Waals surface area contributed by atoms with Gasteiger partial charge in [-0.2, -0.15) is 4.72 Å². The number of para-hydroxylation sites is 1. The first-order chi connectivity index (χ1) is 12.5. The molecule has 0 fully saturated rings. The highest BCUT2D eigenvalue weighted by molar-refractivity contribution is 7.90. The number of carbonyl (C=O) groups excluding carboxylic acids is 1. The quantitative estimate of drug-likeness (QED) is 0.672. The fourth-order valence-electron chi connectivity index (χ4n) is 2.48. The summed E-state index contributed by atoms with van der Waals surface area (Å²) in [4.78, 5) is 14.8. The molecule has 3 rings (SSSR count). The van der Waals surface area contributed by atoms with Crippen LogP contribution in [-0.4, -0.2) is 31.2 Å². The molecule has 6 nitrogen and oxygen atoms in total. The van der Waals surface area contributed by atoms with E-state index in [4.69, 9.17) is 9.15 Å². The number of amides is 1. The minimum atomic E-state index is -1.75. The van der Waals surface area contributed by atoms with E-state index in [0.717, 1.165) is 11.1 Å². The molecule has 7 heteroatoms. The molecular formula is C19H20N2O4S. The van der Waals surface area contributed by atoms with Crippen LogP contribution in [0.15, 0.2) is 57.8 Å². The number of anilines is 1. The fourth-order valence-corrected chi connectivity index (χ4v) is 3.37. The van der Waals surface area contributed by atoms with Crippen LogP contribution in [-0.2, 0) is 11.4 Å². The number of carbonyl (C=O) groups is 1. The topological polar surface area (TPSA) is 77.8 Å². The first-order valence-electron chi connectivity index (χ1n) is 8.15. The monoisotopic (exact) mass is 372 g/mol. The molecule has 0 aliphatic rings. The maximum absolute atomic E-state index is 12.5. The molecule has 0 aliphatic carbocycles. The first kappa shape index (κ1) is 18.2. The summed E-state index contributed by atoms with van der Waals surface area (Å²) >= 11 is -1.75. The molecular weight excluding hydrogens is 352 g/mol. The Kier molecular flexibility index (Phi) is 5.39. The number of nitrogens with one attached hydrogen (secondary N) is 1. The number of furan rings is 1. The maximum atomic E-state index is 12.5. The summed E-state index contributed by atoms with van der Waals surface area (Å²) in [5.41, 5.74) is 1.56. The van der Waals surface area contributed by atoms with Gasteiger partial charge in [-0.15, -0.1) is 0 Å². The molecule has 2 aromatic carbocycles. The van der Waals surface area contributed by atoms with Crippen molar-refractivity contribution in [2.75, 3.05) is 25.6 Å². The van der Waals surface area contributed by atoms with Crippen LogP contribution in [0, 0.1) is 0 Å². The predicted molar refractivity (Wildman–Crippen MR) is 102 cm³/mol. The Morgan fingerprint density at radius 3 is 2.73 bits per heavy atom. The number of benzene rings is 2. The lowest BCUT2D eigenvalue weighted by Crippen LogP contribution is -2.30. The lowest BCUT2D eigenvalue weighted by atomic mass is 10.2. The van der Waals surface area contributed by atoms with Crippen molar-refractivity contribution in [3.8, 4) is 5.75 Å². The third-order valence-corrected chi connectivity index (χ3v) is 4.89. The second-order valence-electron chi connectivity index (χ2n) is 5.81. The molecule has 1 heterocycles. The Labute approximate surface area is 155 Å². The van der Waals surface area contributed by atoms with E-state index < -0.39 is 17.3 Å². The van der Waals surface area contributed by atoms with E-state index in [9.17, 15) is 9.35 Å². The van der Waals surface area contributed by atoms with Crippen molar-refractivity contribution >= 4 is 33.9 Å². The Hall–Kier alpha value is -2.64. The van der Waals surface area contributed by atoms with Crippen LogP contribution in [0.2, 0.25) is 0 Å². The Bertz CT molecular complexity index is 923. The van der Waals surface area contributed by atoms with Crippen molar-refractivity contribution in [3.63, 3.8) is 0 Å². The van der Waals surface area contributed by atoms with Crippen LogP contribution in [0.5, 0.6) is 5.75 Å². The molecule has 0 radical (unpaired) electrons. The van der Waals surface area contributed by atoms with Gasteiger partial charge in [-0.25, -0.2) is 0 Å². The van der Waals surface area contributed by atoms with Gasteiger partial charge in [0.25, 0.3) is 0 Å². The number of hydrogen-bond acceptors (Lipinski definition) is 5. The van der Waals surface area contributed by atoms with Gasteiger partial charge in [-0.05, 0) is 37.3 Å². The van der Waals surface area contributed by atoms with Crippen LogP contribution in [0.1, 0.15) is 17.5 Å². The van der Waals surface area contributed by atoms with Crippen molar-refractivity contribution in [3.05, 3.63) is 54.3 Å². The third-order valence-electron chi connectivity index (χ3n) is 3.78. The highest BCUT2D eigenvalue weighted by Gasteiger charge is 2.23. The van der Waals surface area contributed by atoms with Gasteiger partial charge in [0.1, 0.15) is 16.9 Å². The zero-order valence-electron chi connectivity index (χ0n) is 14.8. The predicted octanol–water partition coefficient (Wildman–Crippen LogP) is 3.35. The third kappa shape index (κ3) is 3.79. The van der Waals surface area contributed by atoms with E-state index in [1.807, 2.05) is 44.1 Å². The molecule has 1 atom stereocenters. The van der Waals surface area contributed by atoms with Crippen LogP contribution < -0.4 is 14.4 Å². The van der Waals surface area contributed by atoms with Crippen molar-refractivity contribution < 1.29 is 18.5 Å². The van der Waals surface area contributed by atoms with Crippen LogP contribution >= 0.6 is 0 Å². The van der Waals surface area contributed by atoms with Crippen molar-refractivity contribution in [2.24, 2.45) is 0 Å². The minimum absolute atomic E-state index is 0.109. The van der Waals surface area contributed by atoms with Gasteiger partial charge in [0.15, 0.2) is 11.5 Å². The largest absolute Gasteiger partial charge is 0.588 e. The average molecular weight is 372 g/mol. The number of rotatable bonds is 6. The summed E-state index contributed by atoms with van der Waals surface area (Å²) in [5.74, 6) is 0.0456. The van der Waals surface area contributed by atoms with Crippen molar-refractivity contribution in [2.45, 2.75) is 11.8 Å². The van der Waals surface area contributed by atoms with E-state index in [-0.39, 0.29) is 5.76 Å². The average Bonchev–Trinajstić information content (AvgIpc) is 3.05. The van der Waals surface area contributed by atoms with Gasteiger partial charge in [0.05, 0.1) is 6.61 Å². The Morgan fingerprint density at radius 2 is 2.00 bits per heavy atom. The number of nitrogens with zero attached hydrogens (tertiary/aromatic N) is 1. The maximum Gasteiger partial charge on any atom is 0.328 e. The van der Waals surface area contributed by atoms with E-state index in [0.29, 0.717) is 22.8 Å². The van der Waals surface area contributed by atoms with Gasteiger partial charge in [-0.1, -0.05) is 12.1 Å². The van der Waals surface area contributed by atoms with Gasteiger partial charge in [-0.3, -0.25) is 4.79 Å². The summed E-state index contributed by atoms with van der Waals surface area (Å²) in [7, 11) is 3.85. The lowest BCUT2D eigenvalue weighted by molar-refractivity contribution is 0.0956. The molecule has 136 valence electrons. The molecule has 0 saturated heterocycles. The highest BCUT2D eigenvalue weighted by Crippen LogP contribution is 2.26. The Morgan fingerprint density at radius 1 is 1.23 bits per heavy atom. The standard InChI is InChI=1S/C19H20N2O4S/c1-4-24-15-7-5-6-8-18(15)26(23)20-19(22)17-11-13-9-10-14(21(2)3)12-16(13)25-17/h5-12H,4H2,1-3H3,(H,20,22). The van der Waals surface area contributed by atoms with E-state index >= 15 is 0 Å². The molecule has 1 N–H and O–H groups in total. The van der Waals surface area contributed by atoms with Gasteiger partial charge in [0.2, 0.25) is 4.90 Å². The Balaban J connectivity index is 1.80. The SMILES string of the molecule is CCOc1ccccc1[S+]([O-])NC(=O)c1cc2ccc(N(C)C)cc2o1. The van der Waals surface area contributed by atoms with Crippen molar-refractivity contribution in [1.29, 1.82) is 0 Å². The van der Waals surface area contributed by atoms with Crippen LogP contribution in [0.4, 0.5) is 5.69 Å². The molecule has 1 unspecified atom stereocenters. The molecule has 1 aromatic heterocycles. The molecule has 26 heavy (non-hydrogen) atoms. The second kappa shape index (κ2) is 7.72. The van der Waals surface area contributed by atoms with E-state index in [1.54, 1.807) is 30.3 Å². The number of ether oxygens (including phenoxy) is 1. The summed E-state index contributed by atoms with van der Waals surface area (Å²) in [6.07, 6.45) is 0. The smallest absolute Gasteiger partial charge is 0.328 e. The summed E-state index contributed by atoms with van der Waals surface area (Å²) in [6.45, 7) is 2.29. The minimum Gasteiger partial charge on any atom is -0.588 e. The summed E-state index contributed by atoms with van der Waals surface area (Å²) < 4.78 is 26.1. The first-order valence-corrected chi connectivity index (χ1v) is 9.30. The fraction of sp³-hybridized carbons (Fsp3) is 0.211. The van der Waals surface area contributed by atoms with Gasteiger partial charge >= 0.3 is 5.91 Å². The number of fused-ring (bicyclic) bond motifs is 1. The summed E-state index contributed by atoms with van der Waals surface area (Å²) in [6, 6.07) is 14.2. The summed E-state index contributed by atoms with van der Waals surface area (Å²) in [5, 5.41) is 0.807. The van der Waals surface area contributed by atoms with Crippen molar-refractivity contribution in [1.82, 2.24) is 4.72 Å². The second-order valence-corrected chi connectivity index (χ2v) is 6.99. The molecule has 0 bridgehead atoms.